The van der Waals surface area contributed by atoms with Crippen molar-refractivity contribution in [2.75, 3.05) is 29.1 Å². The molecule has 0 bridgehead atoms. The van der Waals surface area contributed by atoms with E-state index < -0.39 is 0 Å². The van der Waals surface area contributed by atoms with Crippen LogP contribution in [0.2, 0.25) is 0 Å². The van der Waals surface area contributed by atoms with Crippen molar-refractivity contribution in [3.63, 3.8) is 0 Å². The zero-order valence-electron chi connectivity index (χ0n) is 20.2. The maximum absolute atomic E-state index is 12.4. The monoisotopic (exact) mass is 479 g/mol. The predicted octanol–water partition coefficient (Wildman–Crippen LogP) is 5.92. The minimum Gasteiger partial charge on any atom is -0.493 e. The van der Waals surface area contributed by atoms with Crippen molar-refractivity contribution in [3.8, 4) is 5.75 Å². The molecule has 0 atom stereocenters. The third-order valence-corrected chi connectivity index (χ3v) is 5.52. The first-order valence-electron chi connectivity index (χ1n) is 11.8. The summed E-state index contributed by atoms with van der Waals surface area (Å²) in [6, 6.07) is 32.2. The summed E-state index contributed by atoms with van der Waals surface area (Å²) in [5.74, 6) is 0.442. The van der Waals surface area contributed by atoms with E-state index in [1.807, 2.05) is 67.6 Å². The van der Waals surface area contributed by atoms with Crippen molar-refractivity contribution in [2.45, 2.75) is 13.3 Å². The summed E-state index contributed by atoms with van der Waals surface area (Å²) in [6.07, 6.45) is 0.848. The minimum atomic E-state index is -0.174. The molecule has 0 aromatic heterocycles. The van der Waals surface area contributed by atoms with Crippen LogP contribution in [0.15, 0.2) is 103 Å². The first-order chi connectivity index (χ1) is 17.5. The highest BCUT2D eigenvalue weighted by atomic mass is 16.5. The maximum Gasteiger partial charge on any atom is 0.255 e. The lowest BCUT2D eigenvalue weighted by atomic mass is 10.1. The zero-order valence-corrected chi connectivity index (χ0v) is 20.2. The van der Waals surface area contributed by atoms with Gasteiger partial charge in [-0.25, -0.2) is 0 Å². The van der Waals surface area contributed by atoms with Crippen LogP contribution >= 0.6 is 0 Å². The molecular weight excluding hydrogens is 450 g/mol. The lowest BCUT2D eigenvalue weighted by molar-refractivity contribution is -0.114. The molecule has 2 amide bonds. The Morgan fingerprint density at radius 1 is 0.722 bits per heavy atom. The number of anilines is 3. The van der Waals surface area contributed by atoms with Crippen LogP contribution in [0.4, 0.5) is 17.1 Å². The highest BCUT2D eigenvalue weighted by molar-refractivity contribution is 6.04. The fraction of sp³-hybridized carbons (Fsp3) is 0.133. The van der Waals surface area contributed by atoms with E-state index in [0.717, 1.165) is 23.4 Å². The lowest BCUT2D eigenvalue weighted by Gasteiger charge is -2.10. The Balaban J connectivity index is 1.19. The number of hydrogen-bond acceptors (Lipinski definition) is 4. The standard InChI is InChI=1S/C30H29N3O3/c1-22-6-5-9-24(20-22)30(35)33-27-12-10-26(11-13-27)32-29(34)21-31-25-14-16-28(17-15-25)36-19-18-23-7-3-2-4-8-23/h2-17,20,31H,18-19,21H2,1H3,(H,32,34)(H,33,35). The number of ether oxygens (including phenoxy) is 1. The van der Waals surface area contributed by atoms with Gasteiger partial charge in [0.2, 0.25) is 5.91 Å². The average molecular weight is 480 g/mol. The molecule has 0 radical (unpaired) electrons. The van der Waals surface area contributed by atoms with E-state index in [1.165, 1.54) is 5.56 Å². The van der Waals surface area contributed by atoms with Gasteiger partial charge in [0.05, 0.1) is 13.2 Å². The number of carbonyl (C=O) groups excluding carboxylic acids is 2. The Morgan fingerprint density at radius 2 is 1.39 bits per heavy atom. The molecule has 0 spiro atoms. The van der Waals surface area contributed by atoms with Gasteiger partial charge in [-0.15, -0.1) is 0 Å². The zero-order chi connectivity index (χ0) is 25.2. The molecule has 0 saturated heterocycles. The van der Waals surface area contributed by atoms with Gasteiger partial charge in [0.25, 0.3) is 5.91 Å². The lowest BCUT2D eigenvalue weighted by Crippen LogP contribution is -2.21. The number of aryl methyl sites for hydroxylation is 1. The largest absolute Gasteiger partial charge is 0.493 e. The van der Waals surface area contributed by atoms with E-state index in [9.17, 15) is 9.59 Å². The van der Waals surface area contributed by atoms with Gasteiger partial charge in [-0.3, -0.25) is 9.59 Å². The Morgan fingerprint density at radius 3 is 2.08 bits per heavy atom. The van der Waals surface area contributed by atoms with E-state index in [1.54, 1.807) is 30.3 Å². The number of hydrogen-bond donors (Lipinski definition) is 3. The van der Waals surface area contributed by atoms with Crippen LogP contribution in [0.3, 0.4) is 0 Å². The third kappa shape index (κ3) is 7.46. The van der Waals surface area contributed by atoms with Gasteiger partial charge in [-0.2, -0.15) is 0 Å². The van der Waals surface area contributed by atoms with Crippen molar-refractivity contribution in [1.82, 2.24) is 0 Å². The number of carbonyl (C=O) groups is 2. The van der Waals surface area contributed by atoms with Gasteiger partial charge in [0, 0.05) is 29.0 Å². The number of amides is 2. The van der Waals surface area contributed by atoms with Crippen LogP contribution in [-0.4, -0.2) is 25.0 Å². The topological polar surface area (TPSA) is 79.5 Å². The quantitative estimate of drug-likeness (QED) is 0.264. The Bertz CT molecular complexity index is 1290. The molecular formula is C30H29N3O3. The van der Waals surface area contributed by atoms with Gasteiger partial charge >= 0.3 is 0 Å². The molecule has 0 aliphatic rings. The van der Waals surface area contributed by atoms with Gasteiger partial charge in [0.15, 0.2) is 0 Å². The predicted molar refractivity (Wildman–Crippen MR) is 145 cm³/mol. The first kappa shape index (κ1) is 24.5. The minimum absolute atomic E-state index is 0.125. The summed E-state index contributed by atoms with van der Waals surface area (Å²) >= 11 is 0. The second-order valence-corrected chi connectivity index (χ2v) is 8.41. The number of rotatable bonds is 10. The van der Waals surface area contributed by atoms with Crippen molar-refractivity contribution in [2.24, 2.45) is 0 Å². The van der Waals surface area contributed by atoms with Gasteiger partial charge < -0.3 is 20.7 Å². The summed E-state index contributed by atoms with van der Waals surface area (Å²) in [4.78, 5) is 24.7. The van der Waals surface area contributed by atoms with Crippen molar-refractivity contribution < 1.29 is 14.3 Å². The number of nitrogens with one attached hydrogen (secondary N) is 3. The summed E-state index contributed by atoms with van der Waals surface area (Å²) < 4.78 is 5.80. The highest BCUT2D eigenvalue weighted by Crippen LogP contribution is 2.17. The van der Waals surface area contributed by atoms with Crippen LogP contribution in [0.1, 0.15) is 21.5 Å². The Labute approximate surface area is 211 Å². The SMILES string of the molecule is Cc1cccc(C(=O)Nc2ccc(NC(=O)CNc3ccc(OCCc4ccccc4)cc3)cc2)c1. The van der Waals surface area contributed by atoms with Crippen LogP contribution in [0.5, 0.6) is 5.75 Å². The maximum atomic E-state index is 12.4. The molecule has 0 aliphatic carbocycles. The number of benzene rings is 4. The molecule has 6 heteroatoms. The molecule has 0 aliphatic heterocycles. The Hall–Kier alpha value is -4.58. The van der Waals surface area contributed by atoms with E-state index in [0.29, 0.717) is 23.5 Å². The smallest absolute Gasteiger partial charge is 0.255 e. The van der Waals surface area contributed by atoms with Crippen molar-refractivity contribution >= 4 is 28.9 Å². The van der Waals surface area contributed by atoms with E-state index in [2.05, 4.69) is 28.1 Å². The van der Waals surface area contributed by atoms with Gasteiger partial charge in [-0.05, 0) is 73.2 Å². The molecule has 0 unspecified atom stereocenters. The summed E-state index contributed by atoms with van der Waals surface area (Å²) in [5.41, 5.74) is 5.00. The van der Waals surface area contributed by atoms with Crippen molar-refractivity contribution in [3.05, 3.63) is 120 Å². The summed E-state index contributed by atoms with van der Waals surface area (Å²) in [6.45, 7) is 2.68. The highest BCUT2D eigenvalue weighted by Gasteiger charge is 2.07. The second kappa shape index (κ2) is 12.2. The van der Waals surface area contributed by atoms with Gasteiger partial charge in [-0.1, -0.05) is 48.0 Å². The van der Waals surface area contributed by atoms with Crippen LogP contribution in [0, 0.1) is 6.92 Å². The summed E-state index contributed by atoms with van der Waals surface area (Å²) in [5, 5.41) is 8.82. The average Bonchev–Trinajstić information content (AvgIpc) is 2.90. The third-order valence-electron chi connectivity index (χ3n) is 5.52. The molecule has 0 fully saturated rings. The molecule has 3 N–H and O–H groups in total. The van der Waals surface area contributed by atoms with Crippen LogP contribution in [0.25, 0.3) is 0 Å². The molecule has 36 heavy (non-hydrogen) atoms. The molecule has 4 rings (SSSR count). The van der Waals surface area contributed by atoms with E-state index in [-0.39, 0.29) is 18.4 Å². The van der Waals surface area contributed by atoms with Gasteiger partial charge in [0.1, 0.15) is 5.75 Å². The molecule has 4 aromatic rings. The summed E-state index contributed by atoms with van der Waals surface area (Å²) in [7, 11) is 0. The molecule has 182 valence electrons. The fourth-order valence-electron chi connectivity index (χ4n) is 3.61. The molecule has 4 aromatic carbocycles. The normalized spacial score (nSPS) is 10.4. The van der Waals surface area contributed by atoms with E-state index in [4.69, 9.17) is 4.74 Å². The van der Waals surface area contributed by atoms with Crippen LogP contribution in [-0.2, 0) is 11.2 Å². The van der Waals surface area contributed by atoms with Crippen molar-refractivity contribution in [1.29, 1.82) is 0 Å². The first-order valence-corrected chi connectivity index (χ1v) is 11.8. The second-order valence-electron chi connectivity index (χ2n) is 8.41. The van der Waals surface area contributed by atoms with Crippen LogP contribution < -0.4 is 20.7 Å². The Kier molecular flexibility index (Phi) is 8.33. The van der Waals surface area contributed by atoms with E-state index >= 15 is 0 Å². The molecule has 0 heterocycles. The molecule has 6 nitrogen and oxygen atoms in total. The fourth-order valence-corrected chi connectivity index (χ4v) is 3.61. The molecule has 0 saturated carbocycles.